The fourth-order valence-electron chi connectivity index (χ4n) is 2.88. The van der Waals surface area contributed by atoms with Crippen LogP contribution in [0.1, 0.15) is 40.1 Å². The molecule has 0 unspecified atom stereocenters. The van der Waals surface area contributed by atoms with Crippen molar-refractivity contribution in [1.82, 2.24) is 4.98 Å². The lowest BCUT2D eigenvalue weighted by Gasteiger charge is -2.19. The van der Waals surface area contributed by atoms with Crippen molar-refractivity contribution in [3.8, 4) is 0 Å². The van der Waals surface area contributed by atoms with Crippen molar-refractivity contribution >= 4 is 28.6 Å². The van der Waals surface area contributed by atoms with Gasteiger partial charge in [-0.15, -0.1) is 11.3 Å². The molecule has 1 N–H and O–H groups in total. The van der Waals surface area contributed by atoms with Crippen molar-refractivity contribution in [3.63, 3.8) is 0 Å². The Bertz CT molecular complexity index is 746. The first-order valence-electron chi connectivity index (χ1n) is 8.01. The Morgan fingerprint density at radius 1 is 1.29 bits per heavy atom. The van der Waals surface area contributed by atoms with Crippen molar-refractivity contribution in [2.45, 2.75) is 33.1 Å². The van der Waals surface area contributed by atoms with Gasteiger partial charge in [-0.1, -0.05) is 6.92 Å². The van der Waals surface area contributed by atoms with Gasteiger partial charge in [-0.2, -0.15) is 0 Å². The number of anilines is 2. The maximum Gasteiger partial charge on any atom is 0.267 e. The largest absolute Gasteiger partial charge is 0.367 e. The minimum Gasteiger partial charge on any atom is -0.367 e. The summed E-state index contributed by atoms with van der Waals surface area (Å²) in [6.07, 6.45) is 2.61. The van der Waals surface area contributed by atoms with Crippen LogP contribution in [0, 0.1) is 18.6 Å². The van der Waals surface area contributed by atoms with E-state index < -0.39 is 17.5 Å². The SMILES string of the molecule is CCc1nc(C)c(C(=O)Nc2cc(F)c(N3CCCC3)c(F)c2)s1. The average molecular weight is 351 g/mol. The Morgan fingerprint density at radius 2 is 1.92 bits per heavy atom. The van der Waals surface area contributed by atoms with Crippen molar-refractivity contribution in [1.29, 1.82) is 0 Å². The van der Waals surface area contributed by atoms with Gasteiger partial charge in [-0.3, -0.25) is 4.79 Å². The second kappa shape index (κ2) is 6.84. The Morgan fingerprint density at radius 3 is 2.46 bits per heavy atom. The lowest BCUT2D eigenvalue weighted by atomic mass is 10.2. The molecule has 2 aromatic rings. The second-order valence-electron chi connectivity index (χ2n) is 5.81. The first-order chi connectivity index (χ1) is 11.5. The first kappa shape index (κ1) is 16.8. The third-order valence-electron chi connectivity index (χ3n) is 4.05. The van der Waals surface area contributed by atoms with Gasteiger partial charge in [-0.25, -0.2) is 13.8 Å². The number of aryl methyl sites for hydroxylation is 2. The molecule has 1 fully saturated rings. The molecule has 0 bridgehead atoms. The topological polar surface area (TPSA) is 45.2 Å². The number of halogens is 2. The number of nitrogens with zero attached hydrogens (tertiary/aromatic N) is 2. The molecule has 1 aliphatic heterocycles. The number of nitrogens with one attached hydrogen (secondary N) is 1. The van der Waals surface area contributed by atoms with Crippen LogP contribution in [0.4, 0.5) is 20.2 Å². The Hall–Kier alpha value is -2.02. The van der Waals surface area contributed by atoms with E-state index in [1.54, 1.807) is 11.8 Å². The van der Waals surface area contributed by atoms with Crippen LogP contribution in [0.3, 0.4) is 0 Å². The van der Waals surface area contributed by atoms with Crippen LogP contribution >= 0.6 is 11.3 Å². The molecule has 1 amide bonds. The number of benzene rings is 1. The van der Waals surface area contributed by atoms with E-state index in [-0.39, 0.29) is 11.4 Å². The number of amides is 1. The zero-order chi connectivity index (χ0) is 17.3. The molecule has 0 atom stereocenters. The highest BCUT2D eigenvalue weighted by molar-refractivity contribution is 7.13. The quantitative estimate of drug-likeness (QED) is 0.900. The van der Waals surface area contributed by atoms with Gasteiger partial charge in [0.2, 0.25) is 0 Å². The number of hydrogen-bond donors (Lipinski definition) is 1. The second-order valence-corrected chi connectivity index (χ2v) is 6.90. The van der Waals surface area contributed by atoms with Crippen molar-refractivity contribution in [2.24, 2.45) is 0 Å². The molecule has 7 heteroatoms. The van der Waals surface area contributed by atoms with Crippen LogP contribution in [0.5, 0.6) is 0 Å². The lowest BCUT2D eigenvalue weighted by Crippen LogP contribution is -2.21. The number of carbonyl (C=O) groups excluding carboxylic acids is 1. The van der Waals surface area contributed by atoms with Gasteiger partial charge in [0.25, 0.3) is 5.91 Å². The highest BCUT2D eigenvalue weighted by atomic mass is 32.1. The molecule has 1 aliphatic rings. The Labute approximate surface area is 143 Å². The molecule has 0 saturated carbocycles. The van der Waals surface area contributed by atoms with Crippen LogP contribution in [-0.4, -0.2) is 24.0 Å². The summed E-state index contributed by atoms with van der Waals surface area (Å²) in [5, 5.41) is 3.43. The highest BCUT2D eigenvalue weighted by Crippen LogP contribution is 2.30. The maximum atomic E-state index is 14.3. The molecule has 1 aromatic heterocycles. The smallest absolute Gasteiger partial charge is 0.267 e. The maximum absolute atomic E-state index is 14.3. The zero-order valence-corrected chi connectivity index (χ0v) is 14.5. The van der Waals surface area contributed by atoms with Gasteiger partial charge in [-0.05, 0) is 38.3 Å². The fraction of sp³-hybridized carbons (Fsp3) is 0.412. The van der Waals surface area contributed by atoms with Crippen molar-refractivity contribution < 1.29 is 13.6 Å². The summed E-state index contributed by atoms with van der Waals surface area (Å²) in [6, 6.07) is 2.34. The number of rotatable bonds is 4. The van der Waals surface area contributed by atoms with Crippen molar-refractivity contribution in [2.75, 3.05) is 23.3 Å². The van der Waals surface area contributed by atoms with E-state index in [2.05, 4.69) is 10.3 Å². The standard InChI is InChI=1S/C17H19F2N3OS/c1-3-14-20-10(2)16(24-14)17(23)21-11-8-12(18)15(13(19)9-11)22-6-4-5-7-22/h8-9H,3-7H2,1-2H3,(H,21,23). The molecule has 2 heterocycles. The van der Waals surface area contributed by atoms with Crippen LogP contribution in [0.25, 0.3) is 0 Å². The molecule has 0 spiro atoms. The Kier molecular flexibility index (Phi) is 4.80. The first-order valence-corrected chi connectivity index (χ1v) is 8.83. The van der Waals surface area contributed by atoms with E-state index in [0.717, 1.165) is 24.3 Å². The minimum absolute atomic E-state index is 0.00672. The number of thiazole rings is 1. The molecular weight excluding hydrogens is 332 g/mol. The summed E-state index contributed by atoms with van der Waals surface area (Å²) >= 11 is 1.30. The van der Waals surface area contributed by atoms with E-state index in [1.807, 2.05) is 6.92 Å². The highest BCUT2D eigenvalue weighted by Gasteiger charge is 2.22. The molecule has 1 saturated heterocycles. The van der Waals surface area contributed by atoms with Gasteiger partial charge in [0, 0.05) is 18.8 Å². The van der Waals surface area contributed by atoms with Crippen LogP contribution in [0.15, 0.2) is 12.1 Å². The molecule has 128 valence electrons. The van der Waals surface area contributed by atoms with Gasteiger partial charge >= 0.3 is 0 Å². The van der Waals surface area contributed by atoms with E-state index in [1.165, 1.54) is 23.5 Å². The average Bonchev–Trinajstić information content (AvgIpc) is 3.16. The predicted octanol–water partition coefficient (Wildman–Crippen LogP) is 4.14. The minimum atomic E-state index is -0.650. The van der Waals surface area contributed by atoms with Crippen LogP contribution in [-0.2, 0) is 6.42 Å². The number of hydrogen-bond acceptors (Lipinski definition) is 4. The monoisotopic (exact) mass is 351 g/mol. The lowest BCUT2D eigenvalue weighted by molar-refractivity contribution is 0.103. The third-order valence-corrected chi connectivity index (χ3v) is 5.35. The zero-order valence-electron chi connectivity index (χ0n) is 13.7. The molecule has 1 aromatic carbocycles. The number of aromatic nitrogens is 1. The molecular formula is C17H19F2N3OS. The summed E-state index contributed by atoms with van der Waals surface area (Å²) in [6.45, 7) is 5.02. The van der Waals surface area contributed by atoms with Gasteiger partial charge in [0.15, 0.2) is 11.6 Å². The fourth-order valence-corrected chi connectivity index (χ4v) is 3.78. The third kappa shape index (κ3) is 3.26. The van der Waals surface area contributed by atoms with Crippen molar-refractivity contribution in [3.05, 3.63) is 39.3 Å². The van der Waals surface area contributed by atoms with Crippen LogP contribution in [0.2, 0.25) is 0 Å². The van der Waals surface area contributed by atoms with E-state index in [0.29, 0.717) is 23.7 Å². The number of carbonyl (C=O) groups is 1. The molecule has 0 aliphatic carbocycles. The molecule has 3 rings (SSSR count). The summed E-state index contributed by atoms with van der Waals surface area (Å²) in [7, 11) is 0. The van der Waals surface area contributed by atoms with Gasteiger partial charge < -0.3 is 10.2 Å². The van der Waals surface area contributed by atoms with E-state index in [4.69, 9.17) is 0 Å². The molecule has 4 nitrogen and oxygen atoms in total. The van der Waals surface area contributed by atoms with E-state index in [9.17, 15) is 13.6 Å². The Balaban J connectivity index is 1.82. The summed E-state index contributed by atoms with van der Waals surface area (Å²) < 4.78 is 28.6. The van der Waals surface area contributed by atoms with Crippen LogP contribution < -0.4 is 10.2 Å². The van der Waals surface area contributed by atoms with E-state index >= 15 is 0 Å². The molecule has 24 heavy (non-hydrogen) atoms. The summed E-state index contributed by atoms with van der Waals surface area (Å²) in [5.41, 5.74) is 0.737. The summed E-state index contributed by atoms with van der Waals surface area (Å²) in [4.78, 5) is 18.8. The predicted molar refractivity (Wildman–Crippen MR) is 92.0 cm³/mol. The van der Waals surface area contributed by atoms with Gasteiger partial charge in [0.1, 0.15) is 10.6 Å². The normalized spacial score (nSPS) is 14.2. The van der Waals surface area contributed by atoms with Gasteiger partial charge in [0.05, 0.1) is 10.7 Å². The molecule has 0 radical (unpaired) electrons. The summed E-state index contributed by atoms with van der Waals surface area (Å²) in [5.74, 6) is -1.69.